The van der Waals surface area contributed by atoms with E-state index >= 15 is 0 Å². The molecule has 0 amide bonds. The Balaban J connectivity index is 1.73. The van der Waals surface area contributed by atoms with Gasteiger partial charge in [0, 0.05) is 38.3 Å². The summed E-state index contributed by atoms with van der Waals surface area (Å²) < 4.78 is 26.9. The van der Waals surface area contributed by atoms with Gasteiger partial charge in [0.05, 0.1) is 22.2 Å². The van der Waals surface area contributed by atoms with Gasteiger partial charge in [0.1, 0.15) is 5.82 Å². The van der Waals surface area contributed by atoms with Crippen LogP contribution in [0.3, 0.4) is 0 Å². The smallest absolute Gasteiger partial charge is 0.269 e. The lowest BCUT2D eigenvalue weighted by Crippen LogP contribution is -2.43. The highest BCUT2D eigenvalue weighted by Gasteiger charge is 2.17. The van der Waals surface area contributed by atoms with Gasteiger partial charge in [0.25, 0.3) is 15.7 Å². The molecule has 10 nitrogen and oxygen atoms in total. The molecule has 1 aliphatic rings. The van der Waals surface area contributed by atoms with Gasteiger partial charge >= 0.3 is 0 Å². The summed E-state index contributed by atoms with van der Waals surface area (Å²) in [5, 5.41) is 13.9. The van der Waals surface area contributed by atoms with Gasteiger partial charge in [-0.1, -0.05) is 0 Å². The van der Waals surface area contributed by atoms with Crippen LogP contribution in [0.2, 0.25) is 0 Å². The number of nitrogens with zero attached hydrogens (tertiary/aromatic N) is 4. The summed E-state index contributed by atoms with van der Waals surface area (Å²) in [6.07, 6.45) is 2.86. The number of nitro benzene ring substituents is 1. The van der Waals surface area contributed by atoms with Crippen LogP contribution in [0.1, 0.15) is 0 Å². The van der Waals surface area contributed by atoms with Gasteiger partial charge in [-0.25, -0.2) is 18.4 Å². The minimum Gasteiger partial charge on any atom is -0.353 e. The van der Waals surface area contributed by atoms with E-state index in [0.717, 1.165) is 38.3 Å². The lowest BCUT2D eigenvalue weighted by atomic mass is 10.3. The normalized spacial score (nSPS) is 15.0. The van der Waals surface area contributed by atoms with Gasteiger partial charge in [-0.2, -0.15) is 0 Å². The molecule has 3 rings (SSSR count). The van der Waals surface area contributed by atoms with Gasteiger partial charge in [-0.15, -0.1) is 0 Å². The van der Waals surface area contributed by atoms with Crippen molar-refractivity contribution in [1.82, 2.24) is 15.3 Å². The first kappa shape index (κ1) is 17.0. The van der Waals surface area contributed by atoms with E-state index < -0.39 is 14.9 Å². The van der Waals surface area contributed by atoms with E-state index in [2.05, 4.69) is 24.9 Å². The van der Waals surface area contributed by atoms with E-state index in [1.54, 1.807) is 0 Å². The lowest BCUT2D eigenvalue weighted by molar-refractivity contribution is -0.384. The number of non-ortho nitro benzene ring substituents is 1. The zero-order valence-corrected chi connectivity index (χ0v) is 13.9. The third-order valence-corrected chi connectivity index (χ3v) is 5.05. The van der Waals surface area contributed by atoms with Crippen LogP contribution >= 0.6 is 0 Å². The first-order valence-electron chi connectivity index (χ1n) is 7.51. The van der Waals surface area contributed by atoms with E-state index in [1.807, 2.05) is 0 Å². The highest BCUT2D eigenvalue weighted by molar-refractivity contribution is 7.92. The van der Waals surface area contributed by atoms with Crippen LogP contribution in [0.5, 0.6) is 0 Å². The molecular weight excluding hydrogens is 348 g/mol. The van der Waals surface area contributed by atoms with Crippen LogP contribution in [0.25, 0.3) is 0 Å². The zero-order chi connectivity index (χ0) is 17.9. The molecule has 11 heteroatoms. The van der Waals surface area contributed by atoms with Crippen LogP contribution in [0.4, 0.5) is 17.3 Å². The van der Waals surface area contributed by atoms with Crippen molar-refractivity contribution in [2.75, 3.05) is 35.8 Å². The summed E-state index contributed by atoms with van der Waals surface area (Å²) in [4.78, 5) is 20.3. The maximum absolute atomic E-state index is 12.3. The van der Waals surface area contributed by atoms with E-state index in [1.165, 1.54) is 24.5 Å². The minimum absolute atomic E-state index is 0.0808. The number of sulfonamides is 1. The van der Waals surface area contributed by atoms with E-state index in [4.69, 9.17) is 0 Å². The molecule has 2 aromatic rings. The Morgan fingerprint density at radius 2 is 1.80 bits per heavy atom. The van der Waals surface area contributed by atoms with Crippen molar-refractivity contribution in [2.24, 2.45) is 0 Å². The Hall–Kier alpha value is -2.79. The maximum atomic E-state index is 12.3. The molecule has 2 heterocycles. The molecule has 1 aliphatic heterocycles. The van der Waals surface area contributed by atoms with Gasteiger partial charge in [0.2, 0.25) is 0 Å². The molecule has 1 fully saturated rings. The molecular formula is C14H16N6O4S. The molecule has 25 heavy (non-hydrogen) atoms. The molecule has 1 aromatic carbocycles. The average Bonchev–Trinajstić information content (AvgIpc) is 2.63. The molecule has 1 aromatic heterocycles. The zero-order valence-electron chi connectivity index (χ0n) is 13.1. The van der Waals surface area contributed by atoms with Gasteiger partial charge < -0.3 is 10.2 Å². The van der Waals surface area contributed by atoms with Crippen LogP contribution in [0.15, 0.2) is 41.6 Å². The maximum Gasteiger partial charge on any atom is 0.269 e. The Kier molecular flexibility index (Phi) is 4.76. The van der Waals surface area contributed by atoms with Gasteiger partial charge in [-0.05, 0) is 12.1 Å². The predicted octanol–water partition coefficient (Wildman–Crippen LogP) is 0.595. The summed E-state index contributed by atoms with van der Waals surface area (Å²) in [6, 6.07) is 4.60. The van der Waals surface area contributed by atoms with Crippen molar-refractivity contribution in [2.45, 2.75) is 4.90 Å². The molecule has 2 N–H and O–H groups in total. The number of nitro groups is 1. The number of hydrogen-bond acceptors (Lipinski definition) is 8. The second-order valence-electron chi connectivity index (χ2n) is 5.35. The summed E-state index contributed by atoms with van der Waals surface area (Å²) in [7, 11) is -3.89. The molecule has 0 aliphatic carbocycles. The number of piperazine rings is 1. The molecule has 0 spiro atoms. The summed E-state index contributed by atoms with van der Waals surface area (Å²) >= 11 is 0. The number of benzene rings is 1. The number of nitrogens with one attached hydrogen (secondary N) is 2. The van der Waals surface area contributed by atoms with Crippen LogP contribution in [-0.4, -0.2) is 49.5 Å². The Morgan fingerprint density at radius 3 is 2.36 bits per heavy atom. The fourth-order valence-electron chi connectivity index (χ4n) is 2.37. The lowest BCUT2D eigenvalue weighted by Gasteiger charge is -2.28. The van der Waals surface area contributed by atoms with Crippen molar-refractivity contribution in [3.05, 3.63) is 46.8 Å². The predicted molar refractivity (Wildman–Crippen MR) is 91.0 cm³/mol. The summed E-state index contributed by atoms with van der Waals surface area (Å²) in [5.74, 6) is 0.761. The number of rotatable bonds is 5. The Morgan fingerprint density at radius 1 is 1.12 bits per heavy atom. The van der Waals surface area contributed by atoms with E-state index in [-0.39, 0.29) is 16.4 Å². The quantitative estimate of drug-likeness (QED) is 0.582. The Labute approximate surface area is 144 Å². The molecule has 132 valence electrons. The molecule has 0 atom stereocenters. The first-order valence-corrected chi connectivity index (χ1v) is 8.99. The van der Waals surface area contributed by atoms with Crippen LogP contribution < -0.4 is 14.9 Å². The Bertz CT molecular complexity index is 848. The SMILES string of the molecule is O=[N+]([O-])c1ccc(S(=O)(=O)Nc2cnc(N3CCNCC3)cn2)cc1. The third kappa shape index (κ3) is 4.00. The third-order valence-electron chi connectivity index (χ3n) is 3.68. The molecule has 0 bridgehead atoms. The summed E-state index contributed by atoms with van der Waals surface area (Å²) in [5.41, 5.74) is -0.181. The monoisotopic (exact) mass is 364 g/mol. The standard InChI is InChI=1S/C14H16N6O4S/c21-20(22)11-1-3-12(4-2-11)25(23,24)18-13-9-17-14(10-16-13)19-7-5-15-6-8-19/h1-4,9-10,15H,5-8H2,(H,16,18). The average molecular weight is 364 g/mol. The van der Waals surface area contributed by atoms with E-state index in [0.29, 0.717) is 5.82 Å². The van der Waals surface area contributed by atoms with Crippen LogP contribution in [-0.2, 0) is 10.0 Å². The highest BCUT2D eigenvalue weighted by Crippen LogP contribution is 2.19. The number of anilines is 2. The minimum atomic E-state index is -3.89. The number of hydrogen-bond donors (Lipinski definition) is 2. The van der Waals surface area contributed by atoms with Crippen molar-refractivity contribution >= 4 is 27.3 Å². The fraction of sp³-hybridized carbons (Fsp3) is 0.286. The topological polar surface area (TPSA) is 130 Å². The van der Waals surface area contributed by atoms with Crippen molar-refractivity contribution < 1.29 is 13.3 Å². The first-order chi connectivity index (χ1) is 12.0. The largest absolute Gasteiger partial charge is 0.353 e. The molecule has 0 radical (unpaired) electrons. The summed E-state index contributed by atoms with van der Waals surface area (Å²) in [6.45, 7) is 3.33. The molecule has 0 unspecified atom stereocenters. The second-order valence-corrected chi connectivity index (χ2v) is 7.04. The number of aromatic nitrogens is 2. The van der Waals surface area contributed by atoms with Crippen LogP contribution in [0, 0.1) is 10.1 Å². The van der Waals surface area contributed by atoms with Gasteiger partial charge in [0.15, 0.2) is 5.82 Å². The van der Waals surface area contributed by atoms with Crippen molar-refractivity contribution in [1.29, 1.82) is 0 Å². The highest BCUT2D eigenvalue weighted by atomic mass is 32.2. The van der Waals surface area contributed by atoms with E-state index in [9.17, 15) is 18.5 Å². The molecule has 0 saturated carbocycles. The molecule has 1 saturated heterocycles. The van der Waals surface area contributed by atoms with Crippen molar-refractivity contribution in [3.63, 3.8) is 0 Å². The second kappa shape index (κ2) is 6.99. The van der Waals surface area contributed by atoms with Gasteiger partial charge in [-0.3, -0.25) is 14.8 Å². The fourth-order valence-corrected chi connectivity index (χ4v) is 3.37. The van der Waals surface area contributed by atoms with Crippen molar-refractivity contribution in [3.8, 4) is 0 Å².